The van der Waals surface area contributed by atoms with Crippen LogP contribution in [0.25, 0.3) is 0 Å². The lowest BCUT2D eigenvalue weighted by molar-refractivity contribution is -0.126. The van der Waals surface area contributed by atoms with Crippen LogP contribution in [0.2, 0.25) is 0 Å². The molecular weight excluding hydrogens is 260 g/mol. The van der Waals surface area contributed by atoms with Gasteiger partial charge in [0.2, 0.25) is 5.91 Å². The summed E-state index contributed by atoms with van der Waals surface area (Å²) in [5, 5.41) is 6.38. The average molecular weight is 289 g/mol. The van der Waals surface area contributed by atoms with Gasteiger partial charge in [0.25, 0.3) is 0 Å². The van der Waals surface area contributed by atoms with Crippen LogP contribution in [0, 0.1) is 22.7 Å². The first-order valence-corrected chi connectivity index (χ1v) is 7.28. The summed E-state index contributed by atoms with van der Waals surface area (Å²) in [6.07, 6.45) is 3.76. The van der Waals surface area contributed by atoms with Crippen molar-refractivity contribution in [3.05, 3.63) is 0 Å². The number of fused-ring (bicyclic) bond motifs is 2. The first kappa shape index (κ1) is 16.8. The van der Waals surface area contributed by atoms with Gasteiger partial charge >= 0.3 is 0 Å². The molecule has 0 spiro atoms. The molecule has 2 saturated carbocycles. The zero-order chi connectivity index (χ0) is 13.6. The maximum absolute atomic E-state index is 12.2. The minimum Gasteiger partial charge on any atom is -0.353 e. The summed E-state index contributed by atoms with van der Waals surface area (Å²) in [6.45, 7) is 9.88. The minimum atomic E-state index is 0. The molecule has 2 fully saturated rings. The molecule has 2 aliphatic carbocycles. The van der Waals surface area contributed by atoms with Crippen molar-refractivity contribution in [1.82, 2.24) is 10.6 Å². The van der Waals surface area contributed by atoms with Crippen LogP contribution >= 0.6 is 12.4 Å². The highest BCUT2D eigenvalue weighted by molar-refractivity contribution is 5.85. The van der Waals surface area contributed by atoms with Crippen LogP contribution in [0.3, 0.4) is 0 Å². The van der Waals surface area contributed by atoms with E-state index in [0.29, 0.717) is 11.5 Å². The molecule has 0 heterocycles. The zero-order valence-corrected chi connectivity index (χ0v) is 13.7. The molecular formula is C15H29ClN2O. The van der Waals surface area contributed by atoms with Gasteiger partial charge in [-0.2, -0.15) is 0 Å². The fourth-order valence-corrected chi connectivity index (χ4v) is 4.13. The van der Waals surface area contributed by atoms with E-state index in [1.54, 1.807) is 0 Å². The van der Waals surface area contributed by atoms with Gasteiger partial charge in [0, 0.05) is 18.5 Å². The van der Waals surface area contributed by atoms with Crippen LogP contribution < -0.4 is 10.6 Å². The van der Waals surface area contributed by atoms with Crippen LogP contribution in [-0.4, -0.2) is 25.5 Å². The third-order valence-corrected chi connectivity index (χ3v) is 6.07. The summed E-state index contributed by atoms with van der Waals surface area (Å²) in [5.41, 5.74) is 0.657. The molecule has 0 aliphatic heterocycles. The lowest BCUT2D eigenvalue weighted by atomic mass is 9.69. The second-order valence-corrected chi connectivity index (χ2v) is 7.13. The van der Waals surface area contributed by atoms with Gasteiger partial charge in [-0.3, -0.25) is 4.79 Å². The number of hydrogen-bond donors (Lipinski definition) is 2. The molecule has 1 amide bonds. The maximum atomic E-state index is 12.2. The average Bonchev–Trinajstić information content (AvgIpc) is 2.62. The Hall–Kier alpha value is -0.280. The first-order chi connectivity index (χ1) is 8.33. The molecule has 2 N–H and O–H groups in total. The van der Waals surface area contributed by atoms with Gasteiger partial charge in [-0.1, -0.05) is 27.7 Å². The molecule has 0 saturated heterocycles. The van der Waals surface area contributed by atoms with Crippen molar-refractivity contribution in [3.8, 4) is 0 Å². The van der Waals surface area contributed by atoms with E-state index in [-0.39, 0.29) is 29.6 Å². The summed E-state index contributed by atoms with van der Waals surface area (Å²) < 4.78 is 0. The molecule has 3 nitrogen and oxygen atoms in total. The summed E-state index contributed by atoms with van der Waals surface area (Å²) in [4.78, 5) is 12.2. The van der Waals surface area contributed by atoms with Gasteiger partial charge in [-0.25, -0.2) is 0 Å². The van der Waals surface area contributed by atoms with Crippen LogP contribution in [0.1, 0.15) is 47.0 Å². The lowest BCUT2D eigenvalue weighted by Gasteiger charge is -2.39. The highest BCUT2D eigenvalue weighted by Gasteiger charge is 2.61. The van der Waals surface area contributed by atoms with E-state index in [1.807, 2.05) is 14.0 Å². The normalized spacial score (nSPS) is 36.7. The number of amides is 1. The minimum absolute atomic E-state index is 0. The Labute approximate surface area is 123 Å². The van der Waals surface area contributed by atoms with Crippen molar-refractivity contribution in [2.75, 3.05) is 13.6 Å². The Bertz CT molecular complexity index is 345. The first-order valence-electron chi connectivity index (χ1n) is 7.28. The van der Waals surface area contributed by atoms with E-state index in [4.69, 9.17) is 0 Å². The number of nitrogens with one attached hydrogen (secondary N) is 2. The Morgan fingerprint density at radius 3 is 2.42 bits per heavy atom. The predicted molar refractivity (Wildman–Crippen MR) is 81.5 cm³/mol. The van der Waals surface area contributed by atoms with Gasteiger partial charge in [-0.15, -0.1) is 12.4 Å². The van der Waals surface area contributed by atoms with Crippen molar-refractivity contribution in [1.29, 1.82) is 0 Å². The van der Waals surface area contributed by atoms with Crippen molar-refractivity contribution >= 4 is 18.3 Å². The smallest absolute Gasteiger partial charge is 0.224 e. The fraction of sp³-hybridized carbons (Fsp3) is 0.933. The van der Waals surface area contributed by atoms with Gasteiger partial charge in [0.05, 0.1) is 0 Å². The summed E-state index contributed by atoms with van der Waals surface area (Å²) in [6, 6.07) is 0.373. The number of carbonyl (C=O) groups is 1. The number of halogens is 1. The summed E-state index contributed by atoms with van der Waals surface area (Å²) in [7, 11) is 1.89. The van der Waals surface area contributed by atoms with Crippen molar-refractivity contribution < 1.29 is 4.79 Å². The molecule has 19 heavy (non-hydrogen) atoms. The predicted octanol–water partition coefficient (Wildman–Crippen LogP) is 2.59. The molecule has 2 bridgehead atoms. The maximum Gasteiger partial charge on any atom is 0.224 e. The molecule has 0 radical (unpaired) electrons. The SMILES string of the molecule is CNCC(C)C(=O)NC1CC2CCC1(C)C2(C)C.Cl. The Morgan fingerprint density at radius 2 is 2.00 bits per heavy atom. The van der Waals surface area contributed by atoms with E-state index >= 15 is 0 Å². The van der Waals surface area contributed by atoms with E-state index in [2.05, 4.69) is 31.4 Å². The fourth-order valence-electron chi connectivity index (χ4n) is 4.13. The van der Waals surface area contributed by atoms with Gasteiger partial charge in [-0.05, 0) is 43.1 Å². The molecule has 4 heteroatoms. The third kappa shape index (κ3) is 2.52. The Kier molecular flexibility index (Phi) is 4.95. The summed E-state index contributed by atoms with van der Waals surface area (Å²) in [5.74, 6) is 1.05. The molecule has 112 valence electrons. The monoisotopic (exact) mass is 288 g/mol. The van der Waals surface area contributed by atoms with E-state index in [9.17, 15) is 4.79 Å². The highest BCUT2D eigenvalue weighted by atomic mass is 35.5. The van der Waals surface area contributed by atoms with Crippen molar-refractivity contribution in [2.45, 2.75) is 53.0 Å². The van der Waals surface area contributed by atoms with Gasteiger partial charge in [0.15, 0.2) is 0 Å². The molecule has 4 unspecified atom stereocenters. The van der Waals surface area contributed by atoms with Crippen LogP contribution in [-0.2, 0) is 4.79 Å². The molecule has 0 aromatic rings. The van der Waals surface area contributed by atoms with Crippen molar-refractivity contribution in [3.63, 3.8) is 0 Å². The Balaban J connectivity index is 0.00000180. The van der Waals surface area contributed by atoms with E-state index < -0.39 is 0 Å². The summed E-state index contributed by atoms with van der Waals surface area (Å²) >= 11 is 0. The van der Waals surface area contributed by atoms with E-state index in [1.165, 1.54) is 19.3 Å². The standard InChI is InChI=1S/C15H28N2O.ClH/c1-10(9-16-5)13(18)17-12-8-11-6-7-15(12,4)14(11,2)3;/h10-12,16H,6-9H2,1-5H3,(H,17,18);1H. The zero-order valence-electron chi connectivity index (χ0n) is 12.9. The van der Waals surface area contributed by atoms with Gasteiger partial charge < -0.3 is 10.6 Å². The quantitative estimate of drug-likeness (QED) is 0.835. The second kappa shape index (κ2) is 5.61. The molecule has 0 aromatic carbocycles. The van der Waals surface area contributed by atoms with Gasteiger partial charge in [0.1, 0.15) is 0 Å². The molecule has 0 aromatic heterocycles. The molecule has 4 atom stereocenters. The number of rotatable bonds is 4. The number of hydrogen-bond acceptors (Lipinski definition) is 2. The molecule has 2 aliphatic rings. The second-order valence-electron chi connectivity index (χ2n) is 7.13. The third-order valence-electron chi connectivity index (χ3n) is 6.07. The van der Waals surface area contributed by atoms with Crippen LogP contribution in [0.4, 0.5) is 0 Å². The lowest BCUT2D eigenvalue weighted by Crippen LogP contribution is -2.49. The largest absolute Gasteiger partial charge is 0.353 e. The van der Waals surface area contributed by atoms with E-state index in [0.717, 1.165) is 12.5 Å². The topological polar surface area (TPSA) is 41.1 Å². The Morgan fingerprint density at radius 1 is 1.37 bits per heavy atom. The van der Waals surface area contributed by atoms with Crippen LogP contribution in [0.15, 0.2) is 0 Å². The molecule has 2 rings (SSSR count). The highest BCUT2D eigenvalue weighted by Crippen LogP contribution is 2.65. The number of carbonyl (C=O) groups excluding carboxylic acids is 1. The van der Waals surface area contributed by atoms with Crippen molar-refractivity contribution in [2.24, 2.45) is 22.7 Å². The van der Waals surface area contributed by atoms with Crippen LogP contribution in [0.5, 0.6) is 0 Å².